The molecule has 1 aromatic rings. The fourth-order valence-corrected chi connectivity index (χ4v) is 1.81. The first-order valence-corrected chi connectivity index (χ1v) is 6.29. The van der Waals surface area contributed by atoms with E-state index in [4.69, 9.17) is 17.3 Å². The minimum Gasteiger partial charge on any atom is -0.354 e. The molecule has 3 N–H and O–H groups in total. The van der Waals surface area contributed by atoms with Crippen LogP contribution >= 0.6 is 11.6 Å². The number of rotatable bonds is 6. The number of amides is 1. The average molecular weight is 255 g/mol. The topological polar surface area (TPSA) is 55.1 Å². The highest BCUT2D eigenvalue weighted by Gasteiger charge is 2.10. The van der Waals surface area contributed by atoms with Gasteiger partial charge in [-0.05, 0) is 30.5 Å². The molecule has 0 aromatic heterocycles. The Labute approximate surface area is 107 Å². The minimum absolute atomic E-state index is 0.0751. The normalized spacial score (nSPS) is 12.2. The smallest absolute Gasteiger partial charge is 0.236 e. The summed E-state index contributed by atoms with van der Waals surface area (Å²) in [5.41, 5.74) is 6.81. The van der Waals surface area contributed by atoms with Gasteiger partial charge in [-0.3, -0.25) is 4.79 Å². The van der Waals surface area contributed by atoms with E-state index in [1.807, 2.05) is 31.2 Å². The van der Waals surface area contributed by atoms with Crippen molar-refractivity contribution in [2.24, 2.45) is 5.73 Å². The van der Waals surface area contributed by atoms with Gasteiger partial charge in [-0.2, -0.15) is 0 Å². The molecule has 0 saturated heterocycles. The molecular formula is C13H19ClN2O. The zero-order valence-electron chi connectivity index (χ0n) is 10.1. The largest absolute Gasteiger partial charge is 0.354 e. The predicted molar refractivity (Wildman–Crippen MR) is 71.0 cm³/mol. The lowest BCUT2D eigenvalue weighted by atomic mass is 10.1. The van der Waals surface area contributed by atoms with E-state index in [0.29, 0.717) is 6.54 Å². The Kier molecular flexibility index (Phi) is 6.01. The maximum atomic E-state index is 11.5. The van der Waals surface area contributed by atoms with Gasteiger partial charge in [0.05, 0.1) is 6.04 Å². The molecule has 0 unspecified atom stereocenters. The molecule has 0 aliphatic rings. The first kappa shape index (κ1) is 14.0. The Balaban J connectivity index is 2.30. The summed E-state index contributed by atoms with van der Waals surface area (Å²) in [7, 11) is 0. The van der Waals surface area contributed by atoms with E-state index in [-0.39, 0.29) is 11.9 Å². The highest BCUT2D eigenvalue weighted by Crippen LogP contribution is 2.10. The highest BCUT2D eigenvalue weighted by atomic mass is 35.5. The lowest BCUT2D eigenvalue weighted by molar-refractivity contribution is -0.122. The first-order valence-electron chi connectivity index (χ1n) is 5.91. The van der Waals surface area contributed by atoms with E-state index in [2.05, 4.69) is 5.32 Å². The Morgan fingerprint density at radius 1 is 1.53 bits per heavy atom. The molecule has 0 aliphatic carbocycles. The third-order valence-electron chi connectivity index (χ3n) is 2.54. The van der Waals surface area contributed by atoms with Gasteiger partial charge in [-0.15, -0.1) is 0 Å². The van der Waals surface area contributed by atoms with Crippen LogP contribution in [0.1, 0.15) is 25.3 Å². The van der Waals surface area contributed by atoms with Gasteiger partial charge < -0.3 is 11.1 Å². The monoisotopic (exact) mass is 254 g/mol. The minimum atomic E-state index is -0.389. The van der Waals surface area contributed by atoms with Gasteiger partial charge in [-0.25, -0.2) is 0 Å². The van der Waals surface area contributed by atoms with Gasteiger partial charge in [0.25, 0.3) is 0 Å². The number of halogens is 1. The number of carbonyl (C=O) groups excluding carboxylic acids is 1. The molecule has 3 nitrogen and oxygen atoms in total. The number of nitrogens with two attached hydrogens (primary N) is 1. The lowest BCUT2D eigenvalue weighted by Crippen LogP contribution is -2.41. The molecule has 0 fully saturated rings. The van der Waals surface area contributed by atoms with Crippen LogP contribution in [0.4, 0.5) is 0 Å². The zero-order valence-corrected chi connectivity index (χ0v) is 10.8. The van der Waals surface area contributed by atoms with Gasteiger partial charge in [0.1, 0.15) is 0 Å². The van der Waals surface area contributed by atoms with Crippen molar-refractivity contribution in [1.82, 2.24) is 5.32 Å². The Bertz CT molecular complexity index is 368. The summed E-state index contributed by atoms with van der Waals surface area (Å²) in [5, 5.41) is 3.55. The van der Waals surface area contributed by atoms with Crippen LogP contribution in [0.2, 0.25) is 5.02 Å². The summed E-state index contributed by atoms with van der Waals surface area (Å²) in [6, 6.07) is 7.24. The van der Waals surface area contributed by atoms with Crippen LogP contribution in [0.3, 0.4) is 0 Å². The van der Waals surface area contributed by atoms with Crippen molar-refractivity contribution in [1.29, 1.82) is 0 Å². The quantitative estimate of drug-likeness (QED) is 0.817. The van der Waals surface area contributed by atoms with Crippen LogP contribution in [0.5, 0.6) is 0 Å². The van der Waals surface area contributed by atoms with E-state index < -0.39 is 0 Å². The van der Waals surface area contributed by atoms with Crippen molar-refractivity contribution >= 4 is 17.5 Å². The molecule has 1 rings (SSSR count). The first-order chi connectivity index (χ1) is 8.13. The van der Waals surface area contributed by atoms with Crippen molar-refractivity contribution in [2.45, 2.75) is 32.2 Å². The molecule has 94 valence electrons. The third kappa shape index (κ3) is 5.20. The van der Waals surface area contributed by atoms with Crippen LogP contribution in [-0.2, 0) is 11.2 Å². The third-order valence-corrected chi connectivity index (χ3v) is 2.77. The van der Waals surface area contributed by atoms with Gasteiger partial charge in [-0.1, -0.05) is 37.1 Å². The number of nitrogens with one attached hydrogen (secondary N) is 1. The van der Waals surface area contributed by atoms with Gasteiger partial charge in [0, 0.05) is 11.6 Å². The Hall–Kier alpha value is -1.06. The zero-order chi connectivity index (χ0) is 12.7. The van der Waals surface area contributed by atoms with Gasteiger partial charge in [0.15, 0.2) is 0 Å². The maximum Gasteiger partial charge on any atom is 0.236 e. The standard InChI is InChI=1S/C13H19ClN2O/c1-2-4-12(15)13(17)16-8-7-10-5-3-6-11(14)9-10/h3,5-6,9,12H,2,4,7-8,15H2,1H3,(H,16,17)/t12-/m0/s1. The second-order valence-electron chi connectivity index (χ2n) is 4.07. The fourth-order valence-electron chi connectivity index (χ4n) is 1.60. The molecule has 0 spiro atoms. The molecule has 1 aromatic carbocycles. The SMILES string of the molecule is CCC[C@H](N)C(=O)NCCc1cccc(Cl)c1. The molecule has 1 amide bonds. The summed E-state index contributed by atoms with van der Waals surface area (Å²) in [6.07, 6.45) is 2.41. The van der Waals surface area contributed by atoms with Crippen LogP contribution < -0.4 is 11.1 Å². The molecule has 0 bridgehead atoms. The maximum absolute atomic E-state index is 11.5. The second-order valence-corrected chi connectivity index (χ2v) is 4.50. The van der Waals surface area contributed by atoms with Crippen molar-refractivity contribution in [3.63, 3.8) is 0 Å². The molecule has 0 aliphatic heterocycles. The molecule has 0 heterocycles. The number of hydrogen-bond acceptors (Lipinski definition) is 2. The van der Waals surface area contributed by atoms with E-state index in [1.54, 1.807) is 0 Å². The van der Waals surface area contributed by atoms with Crippen molar-refractivity contribution in [2.75, 3.05) is 6.54 Å². The summed E-state index contributed by atoms with van der Waals surface area (Å²) in [5.74, 6) is -0.0751. The molecular weight excluding hydrogens is 236 g/mol. The highest BCUT2D eigenvalue weighted by molar-refractivity contribution is 6.30. The van der Waals surface area contributed by atoms with Crippen molar-refractivity contribution < 1.29 is 4.79 Å². The molecule has 17 heavy (non-hydrogen) atoms. The van der Waals surface area contributed by atoms with E-state index >= 15 is 0 Å². The van der Waals surface area contributed by atoms with E-state index in [0.717, 1.165) is 29.8 Å². The van der Waals surface area contributed by atoms with Gasteiger partial charge >= 0.3 is 0 Å². The van der Waals surface area contributed by atoms with Crippen LogP contribution in [0.25, 0.3) is 0 Å². The molecule has 4 heteroatoms. The van der Waals surface area contributed by atoms with Crippen molar-refractivity contribution in [3.8, 4) is 0 Å². The van der Waals surface area contributed by atoms with E-state index in [1.165, 1.54) is 0 Å². The number of hydrogen-bond donors (Lipinski definition) is 2. The average Bonchev–Trinajstić information content (AvgIpc) is 2.29. The Morgan fingerprint density at radius 3 is 2.94 bits per heavy atom. The summed E-state index contributed by atoms with van der Waals surface area (Å²) < 4.78 is 0. The van der Waals surface area contributed by atoms with E-state index in [9.17, 15) is 4.79 Å². The van der Waals surface area contributed by atoms with Crippen LogP contribution in [0, 0.1) is 0 Å². The molecule has 1 atom stereocenters. The van der Waals surface area contributed by atoms with Crippen LogP contribution in [0.15, 0.2) is 24.3 Å². The number of carbonyl (C=O) groups is 1. The second kappa shape index (κ2) is 7.30. The molecule has 0 radical (unpaired) electrons. The van der Waals surface area contributed by atoms with Crippen molar-refractivity contribution in [3.05, 3.63) is 34.9 Å². The Morgan fingerprint density at radius 2 is 2.29 bits per heavy atom. The summed E-state index contributed by atoms with van der Waals surface area (Å²) in [6.45, 7) is 2.61. The fraction of sp³-hybridized carbons (Fsp3) is 0.462. The predicted octanol–water partition coefficient (Wildman–Crippen LogP) is 2.13. The van der Waals surface area contributed by atoms with Crippen LogP contribution in [-0.4, -0.2) is 18.5 Å². The molecule has 0 saturated carbocycles. The summed E-state index contributed by atoms with van der Waals surface area (Å²) >= 11 is 5.87. The van der Waals surface area contributed by atoms with Gasteiger partial charge in [0.2, 0.25) is 5.91 Å². The lowest BCUT2D eigenvalue weighted by Gasteiger charge is -2.11. The summed E-state index contributed by atoms with van der Waals surface area (Å²) in [4.78, 5) is 11.5. The number of benzene rings is 1.